The third kappa shape index (κ3) is 81.0. The normalized spacial score (nSPS) is 2.75. The Labute approximate surface area is 97.8 Å². The third-order valence-electron chi connectivity index (χ3n) is 0. The Hall–Kier alpha value is 2.37. The van der Waals surface area contributed by atoms with Crippen molar-refractivity contribution in [2.45, 2.75) is 0 Å². The second-order valence-electron chi connectivity index (χ2n) is 0.0452. The van der Waals surface area contributed by atoms with E-state index >= 15 is 0 Å². The van der Waals surface area contributed by atoms with Gasteiger partial charge in [0.25, 0.3) is 0 Å². The van der Waals surface area contributed by atoms with Gasteiger partial charge in [-0.2, -0.15) is 0 Å². The predicted molar refractivity (Wildman–Crippen MR) is 37.0 cm³/mol. The quantitative estimate of drug-likeness (QED) is 0.570. The van der Waals surface area contributed by atoms with Gasteiger partial charge in [0.1, 0.15) is 0 Å². The molecule has 0 amide bonds. The molecule has 0 bridgehead atoms. The minimum absolute atomic E-state index is 0. The zero-order valence-electron chi connectivity index (χ0n) is 6.19. The smallest absolute Gasteiger partial charge is 1.00 e. The zero-order valence-corrected chi connectivity index (χ0v) is 10.2. The molecular weight excluding hydrogens is 366 g/mol. The molecule has 0 saturated carbocycles. The molecule has 8 heteroatoms. The van der Waals surface area contributed by atoms with Crippen molar-refractivity contribution < 1.29 is 30.3 Å². The number of hydrogen-bond acceptors (Lipinski definition) is 2. The van der Waals surface area contributed by atoms with Crippen molar-refractivity contribution in [3.05, 3.63) is 0 Å². The fraction of sp³-hybridized carbons (Fsp3) is 0. The molecule has 10 N–H and O–H groups in total. The molecule has 0 unspecified atom stereocenters. The van der Waals surface area contributed by atoms with Gasteiger partial charge in [-0.05, 0) is 0 Å². The summed E-state index contributed by atoms with van der Waals surface area (Å²) in [4.78, 5) is 0. The van der Waals surface area contributed by atoms with E-state index in [0.29, 0.717) is 0 Å². The average Bonchev–Trinajstić information content (AvgIpc) is 0.918. The molecule has 4 nitrogen and oxygen atoms in total. The van der Waals surface area contributed by atoms with Crippen LogP contribution in [0, 0.1) is 0 Å². The molecule has 0 aromatic carbocycles. The fourth-order valence-corrected chi connectivity index (χ4v) is 0. The van der Waals surface area contributed by atoms with Crippen LogP contribution in [0.4, 0.5) is 0 Å². The maximum Gasteiger partial charge on any atom is -1.00 e. The Kier molecular flexibility index (Phi) is 345. The van der Waals surface area contributed by atoms with Crippen molar-refractivity contribution >= 4 is 56.6 Å². The van der Waals surface area contributed by atoms with E-state index in [1.165, 1.54) is 0 Å². The number of hydrogen-bond donors (Lipinski definition) is 2. The number of halogens is 2. The van der Waals surface area contributed by atoms with Crippen molar-refractivity contribution in [3.8, 4) is 0 Å². The topological polar surface area (TPSA) is 133 Å². The summed E-state index contributed by atoms with van der Waals surface area (Å²) in [5.41, 5.74) is 0. The second kappa shape index (κ2) is 57.8. The number of rotatable bonds is 0. The van der Waals surface area contributed by atoms with Gasteiger partial charge in [0.05, 0.1) is 0 Å². The first-order valence-electron chi connectivity index (χ1n) is 0.239. The maximum absolute atomic E-state index is 4.88. The van der Waals surface area contributed by atoms with Gasteiger partial charge in [-0.1, -0.05) is 0 Å². The minimum Gasteiger partial charge on any atom is -1.00 e. The monoisotopic (exact) mass is 377 g/mol. The first-order valence-corrected chi connectivity index (χ1v) is 5.87. The van der Waals surface area contributed by atoms with Crippen molar-refractivity contribution in [2.24, 2.45) is 0 Å². The molecule has 0 aliphatic heterocycles. The molecule has 0 heterocycles. The summed E-state index contributed by atoms with van der Waals surface area (Å²) in [7, 11) is 9.75. The van der Waals surface area contributed by atoms with Crippen molar-refractivity contribution in [1.82, 2.24) is 12.3 Å². The first-order chi connectivity index (χ1) is 1.41. The Morgan fingerprint density at radius 3 is 1.00 bits per heavy atom. The van der Waals surface area contributed by atoms with E-state index in [1.807, 2.05) is 0 Å². The molecule has 0 aromatic rings. The van der Waals surface area contributed by atoms with Gasteiger partial charge >= 0.3 is 73.1 Å². The third-order valence-corrected chi connectivity index (χ3v) is 0. The summed E-state index contributed by atoms with van der Waals surface area (Å²) in [5, 5.41) is 0. The molecule has 0 saturated heterocycles. The van der Waals surface area contributed by atoms with Crippen LogP contribution in [0.25, 0.3) is 0 Å². The molecular formula is H12CaCl2N2O2Pt. The summed E-state index contributed by atoms with van der Waals surface area (Å²) < 4.78 is 0. The van der Waals surface area contributed by atoms with E-state index in [4.69, 9.17) is 18.8 Å². The standard InChI is InChI=1S/Ca.2ClH.2H3N.2H2O.Pt.2H/h;2*1H;2*1H3;2*1H2;;;/q+2;;;;;;;+2;2*-1/p-2. The van der Waals surface area contributed by atoms with E-state index in [2.05, 4.69) is 0 Å². The van der Waals surface area contributed by atoms with E-state index in [0.717, 1.165) is 0 Å². The van der Waals surface area contributed by atoms with Crippen LogP contribution in [0.1, 0.15) is 2.85 Å². The van der Waals surface area contributed by atoms with Crippen LogP contribution >= 0.6 is 18.8 Å². The van der Waals surface area contributed by atoms with Gasteiger partial charge < -0.3 is 26.1 Å². The Balaban J connectivity index is -0.000000000952. The van der Waals surface area contributed by atoms with Gasteiger partial charge in [-0.15, -0.1) is 0 Å². The van der Waals surface area contributed by atoms with Crippen LogP contribution in [-0.4, -0.2) is 48.7 Å². The summed E-state index contributed by atoms with van der Waals surface area (Å²) in [5.74, 6) is 0. The SMILES string of the molecule is N.N.O.O.[Ca+2].[Cl][Pt][Cl].[H-].[H-]. The Morgan fingerprint density at radius 1 is 1.00 bits per heavy atom. The Bertz CT molecular complexity index is 25.2. The molecule has 0 fully saturated rings. The first kappa shape index (κ1) is 47.7. The van der Waals surface area contributed by atoms with Crippen LogP contribution < -0.4 is 12.3 Å². The van der Waals surface area contributed by atoms with Crippen LogP contribution in [-0.2, 0) is 16.5 Å². The van der Waals surface area contributed by atoms with E-state index in [-0.39, 0.29) is 63.8 Å². The summed E-state index contributed by atoms with van der Waals surface area (Å²) in [6.45, 7) is 0. The zero-order chi connectivity index (χ0) is 2.71. The summed E-state index contributed by atoms with van der Waals surface area (Å²) >= 11 is -0.472. The minimum atomic E-state index is -0.472. The van der Waals surface area contributed by atoms with Crippen LogP contribution in [0.3, 0.4) is 0 Å². The van der Waals surface area contributed by atoms with E-state index in [9.17, 15) is 0 Å². The van der Waals surface area contributed by atoms with Crippen molar-refractivity contribution in [2.75, 3.05) is 0 Å². The van der Waals surface area contributed by atoms with Crippen LogP contribution in [0.5, 0.6) is 0 Å². The second-order valence-corrected chi connectivity index (χ2v) is 3.33. The fourth-order valence-electron chi connectivity index (χ4n) is 0. The van der Waals surface area contributed by atoms with Crippen molar-refractivity contribution in [3.63, 3.8) is 0 Å². The van der Waals surface area contributed by atoms with Crippen LogP contribution in [0.15, 0.2) is 0 Å². The summed E-state index contributed by atoms with van der Waals surface area (Å²) in [6, 6.07) is 0. The largest absolute Gasteiger partial charge is 1.00 e. The van der Waals surface area contributed by atoms with Crippen LogP contribution in [0.2, 0.25) is 0 Å². The van der Waals surface area contributed by atoms with Gasteiger partial charge in [-0.25, -0.2) is 0 Å². The molecule has 8 heavy (non-hydrogen) atoms. The molecule has 60 valence electrons. The van der Waals surface area contributed by atoms with Gasteiger partial charge in [-0.3, -0.25) is 0 Å². The maximum atomic E-state index is 4.88. The van der Waals surface area contributed by atoms with Crippen molar-refractivity contribution in [1.29, 1.82) is 0 Å². The van der Waals surface area contributed by atoms with E-state index < -0.39 is 16.5 Å². The molecule has 0 aromatic heterocycles. The summed E-state index contributed by atoms with van der Waals surface area (Å²) in [6.07, 6.45) is 0. The van der Waals surface area contributed by atoms with E-state index in [1.54, 1.807) is 0 Å². The molecule has 0 atom stereocenters. The molecule has 0 rings (SSSR count). The molecule has 0 aliphatic carbocycles. The van der Waals surface area contributed by atoms with Gasteiger partial charge in [0.2, 0.25) is 0 Å². The van der Waals surface area contributed by atoms with Gasteiger partial charge in [0, 0.05) is 0 Å². The molecule has 0 aliphatic rings. The predicted octanol–water partition coefficient (Wildman–Crippen LogP) is -0.105. The molecule has 0 spiro atoms. The average molecular weight is 378 g/mol. The molecule has 0 radical (unpaired) electrons. The van der Waals surface area contributed by atoms with Gasteiger partial charge in [0.15, 0.2) is 0 Å². The Morgan fingerprint density at radius 2 is 1.00 bits per heavy atom.